The maximum absolute atomic E-state index is 3.73. The number of nitrogens with one attached hydrogen (secondary N) is 1. The fourth-order valence-corrected chi connectivity index (χ4v) is 3.35. The van der Waals surface area contributed by atoms with Crippen molar-refractivity contribution in [2.24, 2.45) is 0 Å². The maximum atomic E-state index is 3.73. The summed E-state index contributed by atoms with van der Waals surface area (Å²) in [6, 6.07) is 7.37. The van der Waals surface area contributed by atoms with Crippen LogP contribution in [0.4, 0.5) is 0 Å². The predicted molar refractivity (Wildman–Crippen MR) is 92.9 cm³/mol. The molecular formula is C20H31N. The number of hydrogen-bond acceptors (Lipinski definition) is 1. The summed E-state index contributed by atoms with van der Waals surface area (Å²) in [7, 11) is 0. The van der Waals surface area contributed by atoms with Gasteiger partial charge in [-0.3, -0.25) is 0 Å². The van der Waals surface area contributed by atoms with Crippen molar-refractivity contribution in [1.82, 2.24) is 5.32 Å². The van der Waals surface area contributed by atoms with Gasteiger partial charge in [-0.15, -0.1) is 0 Å². The van der Waals surface area contributed by atoms with Gasteiger partial charge in [0.1, 0.15) is 0 Å². The molecule has 0 amide bonds. The molecule has 1 atom stereocenters. The van der Waals surface area contributed by atoms with Gasteiger partial charge in [0.2, 0.25) is 0 Å². The van der Waals surface area contributed by atoms with Crippen LogP contribution in [0.5, 0.6) is 0 Å². The highest BCUT2D eigenvalue weighted by molar-refractivity contribution is 5.32. The molecule has 116 valence electrons. The number of allylic oxidation sites excluding steroid dienone is 1. The molecular weight excluding hydrogens is 254 g/mol. The number of benzene rings is 1. The van der Waals surface area contributed by atoms with E-state index in [-0.39, 0.29) is 0 Å². The van der Waals surface area contributed by atoms with Crippen molar-refractivity contribution in [3.8, 4) is 0 Å². The van der Waals surface area contributed by atoms with E-state index in [1.807, 2.05) is 0 Å². The summed E-state index contributed by atoms with van der Waals surface area (Å²) in [5.41, 5.74) is 5.95. The molecule has 0 heterocycles. The van der Waals surface area contributed by atoms with Gasteiger partial charge in [0.25, 0.3) is 0 Å². The largest absolute Gasteiger partial charge is 0.310 e. The van der Waals surface area contributed by atoms with Crippen LogP contribution in [-0.2, 0) is 6.42 Å². The van der Waals surface area contributed by atoms with Gasteiger partial charge in [0, 0.05) is 6.04 Å². The van der Waals surface area contributed by atoms with Crippen LogP contribution in [0.15, 0.2) is 29.8 Å². The highest BCUT2D eigenvalue weighted by Gasteiger charge is 2.16. The first-order valence-corrected chi connectivity index (χ1v) is 8.69. The molecule has 0 saturated carbocycles. The van der Waals surface area contributed by atoms with Gasteiger partial charge in [-0.25, -0.2) is 0 Å². The van der Waals surface area contributed by atoms with E-state index in [1.54, 1.807) is 5.57 Å². The Morgan fingerprint density at radius 3 is 2.71 bits per heavy atom. The zero-order chi connectivity index (χ0) is 15.1. The van der Waals surface area contributed by atoms with Crippen LogP contribution in [-0.4, -0.2) is 12.6 Å². The molecule has 0 bridgehead atoms. The second kappa shape index (κ2) is 8.38. The van der Waals surface area contributed by atoms with Crippen molar-refractivity contribution >= 4 is 0 Å². The minimum atomic E-state index is 0.522. The Balaban J connectivity index is 2.15. The summed E-state index contributed by atoms with van der Waals surface area (Å²) in [4.78, 5) is 0. The number of rotatable bonds is 5. The highest BCUT2D eigenvalue weighted by Crippen LogP contribution is 2.23. The molecule has 1 N–H and O–H groups in total. The fraction of sp³-hybridized carbons (Fsp3) is 0.600. The van der Waals surface area contributed by atoms with Gasteiger partial charge in [-0.05, 0) is 63.6 Å². The summed E-state index contributed by atoms with van der Waals surface area (Å²) in [6.45, 7) is 7.71. The summed E-state index contributed by atoms with van der Waals surface area (Å²) in [6.07, 6.45) is 11.7. The highest BCUT2D eigenvalue weighted by atomic mass is 14.9. The Labute approximate surface area is 130 Å². The Bertz CT molecular complexity index is 473. The lowest BCUT2D eigenvalue weighted by Gasteiger charge is -2.24. The van der Waals surface area contributed by atoms with E-state index in [0.29, 0.717) is 6.04 Å². The van der Waals surface area contributed by atoms with E-state index in [0.717, 1.165) is 13.0 Å². The van der Waals surface area contributed by atoms with E-state index in [4.69, 9.17) is 0 Å². The van der Waals surface area contributed by atoms with Gasteiger partial charge < -0.3 is 5.32 Å². The van der Waals surface area contributed by atoms with Gasteiger partial charge >= 0.3 is 0 Å². The van der Waals surface area contributed by atoms with Crippen molar-refractivity contribution in [3.05, 3.63) is 46.5 Å². The third-order valence-corrected chi connectivity index (χ3v) is 4.65. The summed E-state index contributed by atoms with van der Waals surface area (Å²) in [5.74, 6) is 0. The SMILES string of the molecule is CCNC(Cc1cc(C)ccc1C)/C1=C/CCCCCC1. The molecule has 2 rings (SSSR count). The molecule has 1 aromatic rings. The second-order valence-corrected chi connectivity index (χ2v) is 6.48. The van der Waals surface area contributed by atoms with Crippen LogP contribution in [0, 0.1) is 13.8 Å². The summed E-state index contributed by atoms with van der Waals surface area (Å²) < 4.78 is 0. The van der Waals surface area contributed by atoms with Crippen LogP contribution >= 0.6 is 0 Å². The zero-order valence-corrected chi connectivity index (χ0v) is 14.0. The predicted octanol–water partition coefficient (Wildman–Crippen LogP) is 5.10. The lowest BCUT2D eigenvalue weighted by molar-refractivity contribution is 0.535. The number of aryl methyl sites for hydroxylation is 2. The molecule has 1 nitrogen and oxygen atoms in total. The minimum Gasteiger partial charge on any atom is -0.310 e. The smallest absolute Gasteiger partial charge is 0.0320 e. The Hall–Kier alpha value is -1.08. The van der Waals surface area contributed by atoms with Crippen molar-refractivity contribution < 1.29 is 0 Å². The maximum Gasteiger partial charge on any atom is 0.0320 e. The third kappa shape index (κ3) is 5.00. The first-order valence-electron chi connectivity index (χ1n) is 8.69. The zero-order valence-electron chi connectivity index (χ0n) is 14.0. The molecule has 1 aromatic carbocycles. The molecule has 0 radical (unpaired) electrons. The van der Waals surface area contributed by atoms with Crippen molar-refractivity contribution in [2.45, 2.75) is 71.8 Å². The van der Waals surface area contributed by atoms with Crippen molar-refractivity contribution in [1.29, 1.82) is 0 Å². The minimum absolute atomic E-state index is 0.522. The standard InChI is InChI=1S/C20H31N/c1-4-21-20(18-10-8-6-5-7-9-11-18)15-19-14-16(2)12-13-17(19)3/h10,12-14,20-21H,4-9,11,15H2,1-3H3/b18-10+. The fourth-order valence-electron chi connectivity index (χ4n) is 3.35. The van der Waals surface area contributed by atoms with Crippen LogP contribution < -0.4 is 5.32 Å². The average molecular weight is 285 g/mol. The van der Waals surface area contributed by atoms with Crippen LogP contribution in [0.2, 0.25) is 0 Å². The quantitative estimate of drug-likeness (QED) is 0.742. The van der Waals surface area contributed by atoms with Crippen molar-refractivity contribution in [3.63, 3.8) is 0 Å². The molecule has 1 unspecified atom stereocenters. The van der Waals surface area contributed by atoms with E-state index in [2.05, 4.69) is 50.4 Å². The topological polar surface area (TPSA) is 12.0 Å². The Morgan fingerprint density at radius 2 is 1.90 bits per heavy atom. The average Bonchev–Trinajstić information content (AvgIpc) is 2.42. The van der Waals surface area contributed by atoms with Gasteiger partial charge in [0.05, 0.1) is 0 Å². The second-order valence-electron chi connectivity index (χ2n) is 6.48. The molecule has 0 spiro atoms. The Morgan fingerprint density at radius 1 is 1.10 bits per heavy atom. The lowest BCUT2D eigenvalue weighted by atomic mass is 9.89. The van der Waals surface area contributed by atoms with E-state index < -0.39 is 0 Å². The molecule has 0 saturated heterocycles. The summed E-state index contributed by atoms with van der Waals surface area (Å²) >= 11 is 0. The molecule has 1 heteroatoms. The molecule has 1 aliphatic carbocycles. The van der Waals surface area contributed by atoms with Gasteiger partial charge in [0.15, 0.2) is 0 Å². The van der Waals surface area contributed by atoms with Gasteiger partial charge in [-0.2, -0.15) is 0 Å². The molecule has 0 fully saturated rings. The monoisotopic (exact) mass is 285 g/mol. The Kier molecular flexibility index (Phi) is 6.50. The normalized spacial score (nSPS) is 20.2. The lowest BCUT2D eigenvalue weighted by Crippen LogP contribution is -2.33. The van der Waals surface area contributed by atoms with Crippen LogP contribution in [0.25, 0.3) is 0 Å². The van der Waals surface area contributed by atoms with E-state index >= 15 is 0 Å². The molecule has 0 aliphatic heterocycles. The molecule has 1 aliphatic rings. The van der Waals surface area contributed by atoms with Gasteiger partial charge in [-0.1, -0.05) is 55.2 Å². The third-order valence-electron chi connectivity index (χ3n) is 4.65. The van der Waals surface area contributed by atoms with Crippen molar-refractivity contribution in [2.75, 3.05) is 6.54 Å². The number of hydrogen-bond donors (Lipinski definition) is 1. The summed E-state index contributed by atoms with van der Waals surface area (Å²) in [5, 5.41) is 3.73. The van der Waals surface area contributed by atoms with Crippen LogP contribution in [0.3, 0.4) is 0 Å². The first kappa shape index (κ1) is 16.3. The number of likely N-dealkylation sites (N-methyl/N-ethyl adjacent to an activating group) is 1. The van der Waals surface area contributed by atoms with E-state index in [1.165, 1.54) is 55.2 Å². The van der Waals surface area contributed by atoms with E-state index in [9.17, 15) is 0 Å². The van der Waals surface area contributed by atoms with Crippen LogP contribution in [0.1, 0.15) is 62.1 Å². The molecule has 0 aromatic heterocycles. The first-order chi connectivity index (χ1) is 10.2. The molecule has 21 heavy (non-hydrogen) atoms.